The van der Waals surface area contributed by atoms with Gasteiger partial charge in [-0.2, -0.15) is 0 Å². The molecule has 1 saturated heterocycles. The average Bonchev–Trinajstić information content (AvgIpc) is 2.18. The van der Waals surface area contributed by atoms with Gasteiger partial charge in [-0.25, -0.2) is 9.37 Å². The molecular weight excluding hydrogens is 181 g/mol. The maximum Gasteiger partial charge on any atom is 0.150 e. The Balaban J connectivity index is 2.18. The van der Waals surface area contributed by atoms with Gasteiger partial charge in [-0.15, -0.1) is 0 Å². The highest BCUT2D eigenvalue weighted by atomic mass is 19.1. The topological polar surface area (TPSA) is 29.0 Å². The molecule has 14 heavy (non-hydrogen) atoms. The fraction of sp³-hybridized carbons (Fsp3) is 0.600. The highest BCUT2D eigenvalue weighted by Gasteiger charge is 2.21. The molecular formula is C10H14FN3. The van der Waals surface area contributed by atoms with Gasteiger partial charge in [-0.05, 0) is 19.8 Å². The van der Waals surface area contributed by atoms with Gasteiger partial charge in [-0.3, -0.25) is 4.98 Å². The van der Waals surface area contributed by atoms with Crippen molar-refractivity contribution >= 4 is 5.82 Å². The first kappa shape index (κ1) is 9.37. The fourth-order valence-corrected chi connectivity index (χ4v) is 1.83. The number of halogens is 1. The van der Waals surface area contributed by atoms with E-state index >= 15 is 0 Å². The van der Waals surface area contributed by atoms with Crippen LogP contribution in [0.5, 0.6) is 0 Å². The third-order valence-electron chi connectivity index (χ3n) is 2.52. The third kappa shape index (κ3) is 1.84. The van der Waals surface area contributed by atoms with Crippen LogP contribution in [-0.4, -0.2) is 29.2 Å². The van der Waals surface area contributed by atoms with E-state index in [1.54, 1.807) is 12.4 Å². The van der Waals surface area contributed by atoms with Crippen molar-refractivity contribution in [2.75, 3.05) is 18.0 Å². The van der Waals surface area contributed by atoms with Gasteiger partial charge < -0.3 is 4.90 Å². The largest absolute Gasteiger partial charge is 0.352 e. The predicted molar refractivity (Wildman–Crippen MR) is 53.1 cm³/mol. The Hall–Kier alpha value is -1.19. The number of aromatic nitrogens is 2. The van der Waals surface area contributed by atoms with Crippen LogP contribution in [-0.2, 0) is 0 Å². The Morgan fingerprint density at radius 3 is 2.93 bits per heavy atom. The van der Waals surface area contributed by atoms with Crippen molar-refractivity contribution in [3.05, 3.63) is 18.1 Å². The van der Waals surface area contributed by atoms with Crippen molar-refractivity contribution in [3.8, 4) is 0 Å². The second-order valence-corrected chi connectivity index (χ2v) is 3.65. The summed E-state index contributed by atoms with van der Waals surface area (Å²) in [5.74, 6) is 0.829. The zero-order chi connectivity index (χ0) is 9.97. The number of hydrogen-bond acceptors (Lipinski definition) is 3. The third-order valence-corrected chi connectivity index (χ3v) is 2.52. The molecule has 0 bridgehead atoms. The van der Waals surface area contributed by atoms with Crippen LogP contribution >= 0.6 is 0 Å². The number of anilines is 1. The molecule has 1 aliphatic rings. The van der Waals surface area contributed by atoms with Crippen LogP contribution in [0.25, 0.3) is 0 Å². The molecule has 0 aliphatic carbocycles. The van der Waals surface area contributed by atoms with Gasteiger partial charge in [0.2, 0.25) is 0 Å². The lowest BCUT2D eigenvalue weighted by molar-refractivity contribution is 0.286. The lowest BCUT2D eigenvalue weighted by atomic mass is 10.1. The second-order valence-electron chi connectivity index (χ2n) is 3.65. The van der Waals surface area contributed by atoms with Crippen LogP contribution in [0.3, 0.4) is 0 Å². The van der Waals surface area contributed by atoms with E-state index in [4.69, 9.17) is 0 Å². The Morgan fingerprint density at radius 1 is 1.43 bits per heavy atom. The van der Waals surface area contributed by atoms with Crippen molar-refractivity contribution < 1.29 is 4.39 Å². The Bertz CT molecular complexity index is 316. The van der Waals surface area contributed by atoms with Crippen LogP contribution in [0.4, 0.5) is 10.2 Å². The molecule has 2 heterocycles. The smallest absolute Gasteiger partial charge is 0.150 e. The number of hydrogen-bond donors (Lipinski definition) is 0. The lowest BCUT2D eigenvalue weighted by Crippen LogP contribution is -2.37. The van der Waals surface area contributed by atoms with Crippen LogP contribution in [0, 0.1) is 6.92 Å². The summed E-state index contributed by atoms with van der Waals surface area (Å²) in [6.45, 7) is 3.25. The minimum Gasteiger partial charge on any atom is -0.352 e. The minimum atomic E-state index is -0.717. The van der Waals surface area contributed by atoms with Gasteiger partial charge in [0.15, 0.2) is 0 Å². The predicted octanol–water partition coefficient (Wildman–Crippen LogP) is 1.72. The zero-order valence-electron chi connectivity index (χ0n) is 8.28. The van der Waals surface area contributed by atoms with E-state index in [1.165, 1.54) is 0 Å². The summed E-state index contributed by atoms with van der Waals surface area (Å²) in [5.41, 5.74) is 0.876. The van der Waals surface area contributed by atoms with Crippen molar-refractivity contribution in [3.63, 3.8) is 0 Å². The van der Waals surface area contributed by atoms with Gasteiger partial charge in [0.05, 0.1) is 12.2 Å². The number of aryl methyl sites for hydroxylation is 1. The van der Waals surface area contributed by atoms with E-state index in [9.17, 15) is 4.39 Å². The van der Waals surface area contributed by atoms with E-state index < -0.39 is 6.17 Å². The summed E-state index contributed by atoms with van der Waals surface area (Å²) in [5, 5.41) is 0. The molecule has 0 spiro atoms. The quantitative estimate of drug-likeness (QED) is 0.683. The molecule has 2 rings (SSSR count). The van der Waals surface area contributed by atoms with E-state index in [-0.39, 0.29) is 0 Å². The van der Waals surface area contributed by atoms with Gasteiger partial charge in [0.25, 0.3) is 0 Å². The number of alkyl halides is 1. The molecule has 4 heteroatoms. The van der Waals surface area contributed by atoms with Gasteiger partial charge >= 0.3 is 0 Å². The second kappa shape index (κ2) is 3.90. The highest BCUT2D eigenvalue weighted by molar-refractivity contribution is 5.42. The zero-order valence-corrected chi connectivity index (χ0v) is 8.28. The summed E-state index contributed by atoms with van der Waals surface area (Å²) >= 11 is 0. The first-order valence-corrected chi connectivity index (χ1v) is 4.94. The Morgan fingerprint density at radius 2 is 2.21 bits per heavy atom. The first-order chi connectivity index (χ1) is 6.77. The molecule has 0 amide bonds. The molecule has 3 nitrogen and oxygen atoms in total. The molecule has 1 unspecified atom stereocenters. The summed E-state index contributed by atoms with van der Waals surface area (Å²) in [6.07, 6.45) is 4.18. The summed E-state index contributed by atoms with van der Waals surface area (Å²) in [6, 6.07) is 0. The Labute approximate surface area is 83.0 Å². The van der Waals surface area contributed by atoms with Crippen LogP contribution in [0.1, 0.15) is 18.5 Å². The minimum absolute atomic E-state index is 0.458. The summed E-state index contributed by atoms with van der Waals surface area (Å²) in [4.78, 5) is 10.4. The van der Waals surface area contributed by atoms with Gasteiger partial charge in [0.1, 0.15) is 12.0 Å². The molecule has 0 N–H and O–H groups in total. The molecule has 0 radical (unpaired) electrons. The van der Waals surface area contributed by atoms with E-state index in [0.717, 1.165) is 24.5 Å². The summed E-state index contributed by atoms with van der Waals surface area (Å²) < 4.78 is 13.2. The van der Waals surface area contributed by atoms with E-state index in [0.29, 0.717) is 13.0 Å². The molecule has 1 aliphatic heterocycles. The first-order valence-electron chi connectivity index (χ1n) is 4.94. The lowest BCUT2D eigenvalue weighted by Gasteiger charge is -2.30. The molecule has 76 valence electrons. The van der Waals surface area contributed by atoms with Crippen molar-refractivity contribution in [1.82, 2.24) is 9.97 Å². The van der Waals surface area contributed by atoms with Crippen LogP contribution in [0.15, 0.2) is 12.4 Å². The van der Waals surface area contributed by atoms with Gasteiger partial charge in [0, 0.05) is 18.9 Å². The molecule has 1 aromatic rings. The monoisotopic (exact) mass is 195 g/mol. The molecule has 0 saturated carbocycles. The van der Waals surface area contributed by atoms with E-state index in [2.05, 4.69) is 9.97 Å². The SMILES string of the molecule is Cc1nccnc1N1CCCC(F)C1. The number of rotatable bonds is 1. The average molecular weight is 195 g/mol. The van der Waals surface area contributed by atoms with Crippen LogP contribution in [0.2, 0.25) is 0 Å². The van der Waals surface area contributed by atoms with Gasteiger partial charge in [-0.1, -0.05) is 0 Å². The van der Waals surface area contributed by atoms with Crippen molar-refractivity contribution in [2.45, 2.75) is 25.9 Å². The molecule has 1 aromatic heterocycles. The molecule has 1 fully saturated rings. The normalized spacial score (nSPS) is 22.4. The molecule has 0 aromatic carbocycles. The maximum absolute atomic E-state index is 13.2. The summed E-state index contributed by atoms with van der Waals surface area (Å²) in [7, 11) is 0. The number of nitrogens with zero attached hydrogens (tertiary/aromatic N) is 3. The van der Waals surface area contributed by atoms with Crippen LogP contribution < -0.4 is 4.90 Å². The fourth-order valence-electron chi connectivity index (χ4n) is 1.83. The standard InChI is InChI=1S/C10H14FN3/c1-8-10(13-5-4-12-8)14-6-2-3-9(11)7-14/h4-5,9H,2-3,6-7H2,1H3. The van der Waals surface area contributed by atoms with Crippen molar-refractivity contribution in [1.29, 1.82) is 0 Å². The Kier molecular flexibility index (Phi) is 2.61. The highest BCUT2D eigenvalue weighted by Crippen LogP contribution is 2.20. The van der Waals surface area contributed by atoms with E-state index in [1.807, 2.05) is 11.8 Å². The van der Waals surface area contributed by atoms with Crippen molar-refractivity contribution in [2.24, 2.45) is 0 Å². The molecule has 1 atom stereocenters. The maximum atomic E-state index is 13.2. The number of piperidine rings is 1.